The second-order valence-electron chi connectivity index (χ2n) is 9.92. The van der Waals surface area contributed by atoms with Crippen LogP contribution in [-0.2, 0) is 6.54 Å². The molecule has 0 bridgehead atoms. The molecule has 3 aromatic carbocycles. The van der Waals surface area contributed by atoms with Crippen LogP contribution < -0.4 is 0 Å². The van der Waals surface area contributed by atoms with E-state index in [4.69, 9.17) is 16.6 Å². The molecule has 1 saturated heterocycles. The van der Waals surface area contributed by atoms with Crippen molar-refractivity contribution in [3.63, 3.8) is 0 Å². The summed E-state index contributed by atoms with van der Waals surface area (Å²) >= 11 is 6.34. The van der Waals surface area contributed by atoms with Gasteiger partial charge in [0.25, 0.3) is 0 Å². The lowest BCUT2D eigenvalue weighted by Gasteiger charge is -2.33. The van der Waals surface area contributed by atoms with E-state index in [1.807, 2.05) is 36.4 Å². The van der Waals surface area contributed by atoms with Gasteiger partial charge in [-0.15, -0.1) is 0 Å². The van der Waals surface area contributed by atoms with E-state index in [1.165, 1.54) is 11.1 Å². The zero-order chi connectivity index (χ0) is 26.1. The Morgan fingerprint density at radius 1 is 0.895 bits per heavy atom. The van der Waals surface area contributed by atoms with Gasteiger partial charge in [0, 0.05) is 36.8 Å². The topological polar surface area (TPSA) is 57.7 Å². The van der Waals surface area contributed by atoms with Crippen LogP contribution >= 0.6 is 11.6 Å². The van der Waals surface area contributed by atoms with Crippen molar-refractivity contribution in [1.82, 2.24) is 19.4 Å². The standard InChI is InChI=1S/C32H28ClN5/c1-22-35-29-9-5-6-10-30(29)38(22)27-15-17-37(18-16-27)21-23-11-13-25(14-12-23)31-28(24-7-3-2-4-8-24)19-26(20-34)32(33)36-31/h2-14,19,27H,15-18,21H2,1H3. The van der Waals surface area contributed by atoms with Crippen molar-refractivity contribution < 1.29 is 0 Å². The number of hydrogen-bond acceptors (Lipinski definition) is 4. The van der Waals surface area contributed by atoms with Gasteiger partial charge in [0.2, 0.25) is 0 Å². The molecule has 5 aromatic rings. The van der Waals surface area contributed by atoms with Gasteiger partial charge < -0.3 is 4.57 Å². The maximum absolute atomic E-state index is 9.49. The summed E-state index contributed by atoms with van der Waals surface area (Å²) in [7, 11) is 0. The summed E-state index contributed by atoms with van der Waals surface area (Å²) in [5, 5.41) is 9.72. The number of imidazole rings is 1. The van der Waals surface area contributed by atoms with Gasteiger partial charge in [0.15, 0.2) is 0 Å². The number of nitrogens with zero attached hydrogens (tertiary/aromatic N) is 5. The van der Waals surface area contributed by atoms with Crippen molar-refractivity contribution in [3.05, 3.63) is 107 Å². The normalized spacial score (nSPS) is 14.6. The van der Waals surface area contributed by atoms with E-state index in [9.17, 15) is 5.26 Å². The molecule has 2 aromatic heterocycles. The van der Waals surface area contributed by atoms with E-state index in [1.54, 1.807) is 0 Å². The molecule has 1 aliphatic rings. The third kappa shape index (κ3) is 4.69. The van der Waals surface area contributed by atoms with Crippen LogP contribution in [0.15, 0.2) is 84.9 Å². The van der Waals surface area contributed by atoms with E-state index in [2.05, 4.69) is 76.0 Å². The summed E-state index contributed by atoms with van der Waals surface area (Å²) in [5.74, 6) is 1.10. The number of pyridine rings is 1. The molecular formula is C32H28ClN5. The number of fused-ring (bicyclic) bond motifs is 1. The van der Waals surface area contributed by atoms with E-state index >= 15 is 0 Å². The number of piperidine rings is 1. The van der Waals surface area contributed by atoms with E-state index in [-0.39, 0.29) is 5.15 Å². The number of benzene rings is 3. The Morgan fingerprint density at radius 3 is 2.34 bits per heavy atom. The highest BCUT2D eigenvalue weighted by molar-refractivity contribution is 6.30. The first-order chi connectivity index (χ1) is 18.6. The minimum absolute atomic E-state index is 0.232. The number of halogens is 1. The highest BCUT2D eigenvalue weighted by Crippen LogP contribution is 2.34. The van der Waals surface area contributed by atoms with Crippen molar-refractivity contribution in [2.45, 2.75) is 32.4 Å². The Morgan fingerprint density at radius 2 is 1.61 bits per heavy atom. The maximum atomic E-state index is 9.49. The Hall–Kier alpha value is -3.98. The van der Waals surface area contributed by atoms with Gasteiger partial charge in [-0.1, -0.05) is 78.3 Å². The van der Waals surface area contributed by atoms with Gasteiger partial charge in [-0.25, -0.2) is 9.97 Å². The predicted octanol–water partition coefficient (Wildman–Crippen LogP) is 7.44. The van der Waals surface area contributed by atoms with E-state index in [0.29, 0.717) is 11.6 Å². The molecule has 1 fully saturated rings. The van der Waals surface area contributed by atoms with Gasteiger partial charge in [0.05, 0.1) is 22.3 Å². The second kappa shape index (κ2) is 10.4. The number of aromatic nitrogens is 3. The molecule has 38 heavy (non-hydrogen) atoms. The van der Waals surface area contributed by atoms with Gasteiger partial charge >= 0.3 is 0 Å². The highest BCUT2D eigenvalue weighted by atomic mass is 35.5. The number of aryl methyl sites for hydroxylation is 1. The van der Waals surface area contributed by atoms with Crippen molar-refractivity contribution in [2.24, 2.45) is 0 Å². The summed E-state index contributed by atoms with van der Waals surface area (Å²) in [6, 6.07) is 31.5. The maximum Gasteiger partial charge on any atom is 0.147 e. The van der Waals surface area contributed by atoms with Gasteiger partial charge in [-0.2, -0.15) is 5.26 Å². The minimum Gasteiger partial charge on any atom is -0.325 e. The zero-order valence-electron chi connectivity index (χ0n) is 21.3. The van der Waals surface area contributed by atoms with Crippen LogP contribution in [0.4, 0.5) is 0 Å². The molecule has 1 aliphatic heterocycles. The van der Waals surface area contributed by atoms with Crippen LogP contribution in [0.2, 0.25) is 5.15 Å². The molecule has 3 heterocycles. The largest absolute Gasteiger partial charge is 0.325 e. The molecule has 188 valence electrons. The van der Waals surface area contributed by atoms with Crippen LogP contribution in [-0.4, -0.2) is 32.5 Å². The number of hydrogen-bond donors (Lipinski definition) is 0. The molecule has 0 N–H and O–H groups in total. The molecular weight excluding hydrogens is 490 g/mol. The fraction of sp³-hybridized carbons (Fsp3) is 0.219. The molecule has 0 saturated carbocycles. The number of nitriles is 1. The average Bonchev–Trinajstić information content (AvgIpc) is 3.30. The Bertz CT molecular complexity index is 1630. The Labute approximate surface area is 228 Å². The van der Waals surface area contributed by atoms with Gasteiger partial charge in [-0.05, 0) is 49.1 Å². The van der Waals surface area contributed by atoms with Crippen LogP contribution in [0.5, 0.6) is 0 Å². The molecule has 6 rings (SSSR count). The summed E-state index contributed by atoms with van der Waals surface area (Å²) < 4.78 is 2.43. The lowest BCUT2D eigenvalue weighted by Crippen LogP contribution is -2.34. The fourth-order valence-corrected chi connectivity index (χ4v) is 5.80. The summed E-state index contributed by atoms with van der Waals surface area (Å²) in [6.45, 7) is 5.16. The molecule has 0 radical (unpaired) electrons. The molecule has 0 aliphatic carbocycles. The monoisotopic (exact) mass is 517 g/mol. The zero-order valence-corrected chi connectivity index (χ0v) is 22.1. The number of likely N-dealkylation sites (tertiary alicyclic amines) is 1. The van der Waals surface area contributed by atoms with E-state index in [0.717, 1.165) is 66.2 Å². The fourth-order valence-electron chi connectivity index (χ4n) is 5.61. The first-order valence-electron chi connectivity index (χ1n) is 13.0. The summed E-state index contributed by atoms with van der Waals surface area (Å²) in [4.78, 5) is 11.9. The summed E-state index contributed by atoms with van der Waals surface area (Å²) in [5.41, 5.74) is 7.67. The average molecular weight is 518 g/mol. The first-order valence-corrected chi connectivity index (χ1v) is 13.4. The molecule has 0 unspecified atom stereocenters. The molecule has 5 nitrogen and oxygen atoms in total. The van der Waals surface area contributed by atoms with E-state index < -0.39 is 0 Å². The van der Waals surface area contributed by atoms with Gasteiger partial charge in [0.1, 0.15) is 17.0 Å². The van der Waals surface area contributed by atoms with Crippen LogP contribution in [0.1, 0.15) is 35.8 Å². The van der Waals surface area contributed by atoms with Crippen molar-refractivity contribution >= 4 is 22.6 Å². The van der Waals surface area contributed by atoms with Crippen LogP contribution in [0, 0.1) is 18.3 Å². The van der Waals surface area contributed by atoms with Crippen molar-refractivity contribution in [2.75, 3.05) is 13.1 Å². The molecule has 0 spiro atoms. The quantitative estimate of drug-likeness (QED) is 0.227. The third-order valence-corrected chi connectivity index (χ3v) is 7.80. The van der Waals surface area contributed by atoms with Crippen LogP contribution in [0.3, 0.4) is 0 Å². The highest BCUT2D eigenvalue weighted by Gasteiger charge is 2.23. The number of para-hydroxylation sites is 2. The van der Waals surface area contributed by atoms with Crippen molar-refractivity contribution in [3.8, 4) is 28.5 Å². The summed E-state index contributed by atoms with van der Waals surface area (Å²) in [6.07, 6.45) is 2.24. The minimum atomic E-state index is 0.232. The molecule has 0 amide bonds. The lowest BCUT2D eigenvalue weighted by atomic mass is 9.97. The van der Waals surface area contributed by atoms with Gasteiger partial charge in [-0.3, -0.25) is 4.90 Å². The smallest absolute Gasteiger partial charge is 0.147 e. The SMILES string of the molecule is Cc1nc2ccccc2n1C1CCN(Cc2ccc(-c3nc(Cl)c(C#N)cc3-c3ccccc3)cc2)CC1. The Kier molecular flexibility index (Phi) is 6.68. The second-order valence-corrected chi connectivity index (χ2v) is 10.3. The Balaban J connectivity index is 1.18. The lowest BCUT2D eigenvalue weighted by molar-refractivity contribution is 0.180. The third-order valence-electron chi connectivity index (χ3n) is 7.51. The molecule has 6 heteroatoms. The van der Waals surface area contributed by atoms with Crippen LogP contribution in [0.25, 0.3) is 33.4 Å². The first kappa shape index (κ1) is 24.4. The number of rotatable bonds is 5. The predicted molar refractivity (Wildman–Crippen MR) is 153 cm³/mol. The molecule has 0 atom stereocenters. The van der Waals surface area contributed by atoms with Crippen molar-refractivity contribution in [1.29, 1.82) is 5.26 Å².